The average molecular weight is 350 g/mol. The lowest BCUT2D eigenvalue weighted by atomic mass is 10.1. The molecule has 0 aliphatic heterocycles. The Kier molecular flexibility index (Phi) is 5.14. The van der Waals surface area contributed by atoms with Crippen molar-refractivity contribution in [1.29, 1.82) is 0 Å². The van der Waals surface area contributed by atoms with Gasteiger partial charge in [0.15, 0.2) is 0 Å². The van der Waals surface area contributed by atoms with Crippen LogP contribution < -0.4 is 4.43 Å². The highest BCUT2D eigenvalue weighted by Crippen LogP contribution is 2.33. The molecular formula is C20H23N3OSi. The Balaban J connectivity index is 2.17. The number of aromatic nitrogens is 2. The van der Waals surface area contributed by atoms with Gasteiger partial charge in [-0.2, -0.15) is 0 Å². The molecule has 2 aromatic carbocycles. The van der Waals surface area contributed by atoms with Gasteiger partial charge in [0.1, 0.15) is 17.1 Å². The van der Waals surface area contributed by atoms with Crippen molar-refractivity contribution >= 4 is 20.4 Å². The lowest BCUT2D eigenvalue weighted by molar-refractivity contribution is 0.581. The van der Waals surface area contributed by atoms with Crippen LogP contribution >= 0.6 is 0 Å². The average Bonchev–Trinajstić information content (AvgIpc) is 3.01. The number of rotatable bonds is 5. The fourth-order valence-corrected chi connectivity index (χ4v) is 3.34. The summed E-state index contributed by atoms with van der Waals surface area (Å²) in [5, 5.41) is 0. The Hall–Kier alpha value is -2.66. The van der Waals surface area contributed by atoms with E-state index < -0.39 is 9.04 Å². The van der Waals surface area contributed by atoms with E-state index in [9.17, 15) is 0 Å². The summed E-state index contributed by atoms with van der Waals surface area (Å²) >= 11 is 0. The zero-order chi connectivity index (χ0) is 17.8. The van der Waals surface area contributed by atoms with Crippen LogP contribution in [0.5, 0.6) is 5.75 Å². The quantitative estimate of drug-likeness (QED) is 0.510. The molecule has 3 aromatic rings. The molecule has 0 N–H and O–H groups in total. The van der Waals surface area contributed by atoms with E-state index in [4.69, 9.17) is 9.42 Å². The van der Waals surface area contributed by atoms with Crippen molar-refractivity contribution < 1.29 is 4.43 Å². The summed E-state index contributed by atoms with van der Waals surface area (Å²) in [5.41, 5.74) is 4.72. The molecule has 128 valence electrons. The molecule has 0 atom stereocenters. The first-order valence-electron chi connectivity index (χ1n) is 8.43. The van der Waals surface area contributed by atoms with Crippen LogP contribution in [0.3, 0.4) is 0 Å². The summed E-state index contributed by atoms with van der Waals surface area (Å²) in [6, 6.07) is 16.2. The van der Waals surface area contributed by atoms with E-state index in [1.807, 2.05) is 48.1 Å². The van der Waals surface area contributed by atoms with Gasteiger partial charge in [0.2, 0.25) is 9.04 Å². The molecule has 5 heteroatoms. The predicted molar refractivity (Wildman–Crippen MR) is 106 cm³/mol. The van der Waals surface area contributed by atoms with Crippen molar-refractivity contribution in [1.82, 2.24) is 9.55 Å². The van der Waals surface area contributed by atoms with E-state index in [0.717, 1.165) is 34.0 Å². The SMILES string of the molecule is Cc1cccc(O[SiH](C)C)c1N=C(c1ccccc1)c1cn(C)cn1. The third-order valence-electron chi connectivity index (χ3n) is 3.78. The van der Waals surface area contributed by atoms with E-state index in [-0.39, 0.29) is 0 Å². The molecule has 0 fully saturated rings. The minimum absolute atomic E-state index is 0.852. The number of imidazole rings is 1. The highest BCUT2D eigenvalue weighted by Gasteiger charge is 2.14. The monoisotopic (exact) mass is 349 g/mol. The van der Waals surface area contributed by atoms with Gasteiger partial charge in [-0.1, -0.05) is 42.5 Å². The molecule has 1 aromatic heterocycles. The summed E-state index contributed by atoms with van der Waals surface area (Å²) in [7, 11) is 0.740. The van der Waals surface area contributed by atoms with Gasteiger partial charge >= 0.3 is 0 Å². The van der Waals surface area contributed by atoms with Crippen LogP contribution in [-0.4, -0.2) is 24.3 Å². The standard InChI is InChI=1S/C20H23N3OSi/c1-15-9-8-12-18(24-25(3)4)19(15)22-20(16-10-6-5-7-11-16)17-13-23(2)14-21-17/h5-14,25H,1-4H3. The Labute approximate surface area is 150 Å². The zero-order valence-electron chi connectivity index (χ0n) is 15.1. The number of hydrogen-bond acceptors (Lipinski definition) is 3. The number of aliphatic imine (C=N–C) groups is 1. The third-order valence-corrected chi connectivity index (χ3v) is 4.51. The molecule has 0 amide bonds. The highest BCUT2D eigenvalue weighted by molar-refractivity contribution is 6.49. The predicted octanol–water partition coefficient (Wildman–Crippen LogP) is 4.26. The van der Waals surface area contributed by atoms with Gasteiger partial charge in [-0.25, -0.2) is 9.98 Å². The van der Waals surface area contributed by atoms with Crippen molar-refractivity contribution in [3.63, 3.8) is 0 Å². The summed E-state index contributed by atoms with van der Waals surface area (Å²) in [6.07, 6.45) is 3.78. The molecule has 25 heavy (non-hydrogen) atoms. The van der Waals surface area contributed by atoms with Crippen LogP contribution in [0, 0.1) is 6.92 Å². The molecule has 0 bridgehead atoms. The molecule has 0 aliphatic carbocycles. The molecule has 0 unspecified atom stereocenters. The van der Waals surface area contributed by atoms with Crippen molar-refractivity contribution in [3.05, 3.63) is 77.9 Å². The molecule has 0 saturated carbocycles. The van der Waals surface area contributed by atoms with Crippen molar-refractivity contribution in [2.75, 3.05) is 0 Å². The molecule has 3 rings (SSSR count). The summed E-state index contributed by atoms with van der Waals surface area (Å²) in [6.45, 7) is 6.38. The topological polar surface area (TPSA) is 39.4 Å². The van der Waals surface area contributed by atoms with Gasteiger partial charge in [-0.3, -0.25) is 0 Å². The normalized spacial score (nSPS) is 11.8. The third kappa shape index (κ3) is 4.06. The molecule has 0 saturated heterocycles. The first kappa shape index (κ1) is 17.2. The fraction of sp³-hybridized carbons (Fsp3) is 0.200. The van der Waals surface area contributed by atoms with Crippen molar-refractivity contribution in [2.45, 2.75) is 20.0 Å². The highest BCUT2D eigenvalue weighted by atomic mass is 28.3. The second-order valence-corrected chi connectivity index (χ2v) is 8.67. The Bertz CT molecular complexity index is 885. The van der Waals surface area contributed by atoms with Crippen LogP contribution in [-0.2, 0) is 7.05 Å². The van der Waals surface area contributed by atoms with Crippen molar-refractivity contribution in [2.24, 2.45) is 12.0 Å². The maximum atomic E-state index is 6.11. The number of nitrogens with zero attached hydrogens (tertiary/aromatic N) is 3. The molecule has 0 radical (unpaired) electrons. The van der Waals surface area contributed by atoms with Crippen LogP contribution in [0.2, 0.25) is 13.1 Å². The van der Waals surface area contributed by atoms with Gasteiger partial charge in [-0.05, 0) is 31.6 Å². The van der Waals surface area contributed by atoms with Crippen molar-refractivity contribution in [3.8, 4) is 5.75 Å². The van der Waals surface area contributed by atoms with Crippen LogP contribution in [0.1, 0.15) is 16.8 Å². The summed E-state index contributed by atoms with van der Waals surface area (Å²) < 4.78 is 8.04. The molecule has 1 heterocycles. The number of benzene rings is 2. The maximum Gasteiger partial charge on any atom is 0.229 e. The Morgan fingerprint density at radius 3 is 2.48 bits per heavy atom. The fourth-order valence-electron chi connectivity index (χ4n) is 2.64. The van der Waals surface area contributed by atoms with Gasteiger partial charge in [0, 0.05) is 18.8 Å². The second kappa shape index (κ2) is 7.48. The van der Waals surface area contributed by atoms with Gasteiger partial charge in [-0.15, -0.1) is 0 Å². The van der Waals surface area contributed by atoms with Crippen LogP contribution in [0.15, 0.2) is 66.0 Å². The lowest BCUT2D eigenvalue weighted by Gasteiger charge is -2.14. The largest absolute Gasteiger partial charge is 0.546 e. The Morgan fingerprint density at radius 1 is 1.08 bits per heavy atom. The smallest absolute Gasteiger partial charge is 0.229 e. The van der Waals surface area contributed by atoms with Gasteiger partial charge in [0.25, 0.3) is 0 Å². The minimum Gasteiger partial charge on any atom is -0.546 e. The van der Waals surface area contributed by atoms with E-state index in [1.165, 1.54) is 0 Å². The first-order valence-corrected chi connectivity index (χ1v) is 11.2. The van der Waals surface area contributed by atoms with E-state index in [2.05, 4.69) is 43.2 Å². The minimum atomic E-state index is -1.22. The molecule has 0 spiro atoms. The number of aryl methyl sites for hydroxylation is 2. The van der Waals surface area contributed by atoms with E-state index in [1.54, 1.807) is 6.33 Å². The zero-order valence-corrected chi connectivity index (χ0v) is 16.3. The van der Waals surface area contributed by atoms with E-state index >= 15 is 0 Å². The second-order valence-electron chi connectivity index (χ2n) is 6.34. The molecule has 4 nitrogen and oxygen atoms in total. The van der Waals surface area contributed by atoms with Gasteiger partial charge in [0.05, 0.1) is 12.0 Å². The number of para-hydroxylation sites is 1. The number of hydrogen-bond donors (Lipinski definition) is 0. The van der Waals surface area contributed by atoms with Gasteiger partial charge < -0.3 is 8.99 Å². The first-order chi connectivity index (χ1) is 12.0. The van der Waals surface area contributed by atoms with E-state index in [0.29, 0.717) is 0 Å². The Morgan fingerprint density at radius 2 is 1.84 bits per heavy atom. The van der Waals surface area contributed by atoms with Crippen LogP contribution in [0.25, 0.3) is 0 Å². The molecule has 0 aliphatic rings. The summed E-state index contributed by atoms with van der Waals surface area (Å²) in [4.78, 5) is 9.51. The van der Waals surface area contributed by atoms with Crippen LogP contribution in [0.4, 0.5) is 5.69 Å². The maximum absolute atomic E-state index is 6.11. The summed E-state index contributed by atoms with van der Waals surface area (Å²) in [5.74, 6) is 0.853. The molecular weight excluding hydrogens is 326 g/mol. The lowest BCUT2D eigenvalue weighted by Crippen LogP contribution is -2.12.